The minimum absolute atomic E-state index is 0.00565. The first-order valence-corrected chi connectivity index (χ1v) is 11.9. The lowest BCUT2D eigenvalue weighted by Crippen LogP contribution is -2.33. The Hall–Kier alpha value is -3.69. The van der Waals surface area contributed by atoms with E-state index < -0.39 is 21.8 Å². The van der Waals surface area contributed by atoms with Crippen molar-refractivity contribution in [3.63, 3.8) is 0 Å². The van der Waals surface area contributed by atoms with Crippen LogP contribution in [0.4, 0.5) is 17.2 Å². The molecule has 1 aromatic heterocycles. The van der Waals surface area contributed by atoms with E-state index in [0.717, 1.165) is 10.5 Å². The number of imide groups is 1. The average molecular weight is 483 g/mol. The van der Waals surface area contributed by atoms with Crippen molar-refractivity contribution in [2.75, 3.05) is 14.9 Å². The zero-order chi connectivity index (χ0) is 23.6. The van der Waals surface area contributed by atoms with E-state index in [4.69, 9.17) is 11.6 Å². The molecule has 0 bridgehead atoms. The maximum absolute atomic E-state index is 13.0. The predicted octanol–water partition coefficient (Wildman–Crippen LogP) is 3.88. The number of sulfonamides is 1. The second-order valence-electron chi connectivity index (χ2n) is 7.09. The fraction of sp³-hybridized carbons (Fsp3) is 0.0870. The summed E-state index contributed by atoms with van der Waals surface area (Å²) >= 11 is 6.20. The highest BCUT2D eigenvalue weighted by Gasteiger charge is 2.39. The summed E-state index contributed by atoms with van der Waals surface area (Å²) in [4.78, 5) is 30.7. The largest absolute Gasteiger partial charge is 0.350 e. The molecule has 0 spiro atoms. The molecule has 0 saturated heterocycles. The molecule has 0 radical (unpaired) electrons. The van der Waals surface area contributed by atoms with Gasteiger partial charge >= 0.3 is 0 Å². The molecule has 0 atom stereocenters. The number of carbonyl (C=O) groups excluding carboxylic acids is 2. The van der Waals surface area contributed by atoms with Crippen LogP contribution in [0, 0.1) is 0 Å². The van der Waals surface area contributed by atoms with Crippen LogP contribution < -0.4 is 14.9 Å². The Morgan fingerprint density at radius 1 is 0.939 bits per heavy atom. The lowest BCUT2D eigenvalue weighted by atomic mass is 10.1. The van der Waals surface area contributed by atoms with Gasteiger partial charge in [-0.05, 0) is 54.4 Å². The molecule has 168 valence electrons. The van der Waals surface area contributed by atoms with Gasteiger partial charge in [-0.3, -0.25) is 14.3 Å². The summed E-state index contributed by atoms with van der Waals surface area (Å²) < 4.78 is 27.5. The maximum Gasteiger partial charge on any atom is 0.283 e. The first-order chi connectivity index (χ1) is 15.8. The molecule has 0 saturated carbocycles. The summed E-state index contributed by atoms with van der Waals surface area (Å²) in [5, 5.41) is 2.61. The van der Waals surface area contributed by atoms with Crippen molar-refractivity contribution in [2.24, 2.45) is 0 Å². The van der Waals surface area contributed by atoms with Crippen molar-refractivity contribution in [2.45, 2.75) is 18.2 Å². The molecule has 2 heterocycles. The standard InChI is InChI=1S/C23H19ClN4O4S/c1-2-15-7-3-4-8-18(15)28-22(29)20(24)21(23(28)30)26-16-10-12-17(13-11-16)33(31,32)27-19-9-5-6-14-25-19/h3-14,26H,2H2,1H3,(H,25,27). The molecule has 4 rings (SSSR count). The van der Waals surface area contributed by atoms with Crippen molar-refractivity contribution < 1.29 is 18.0 Å². The first kappa shape index (κ1) is 22.5. The number of hydrogen-bond donors (Lipinski definition) is 2. The number of para-hydroxylation sites is 1. The molecule has 33 heavy (non-hydrogen) atoms. The lowest BCUT2D eigenvalue weighted by Gasteiger charge is -2.18. The third-order valence-corrected chi connectivity index (χ3v) is 6.70. The van der Waals surface area contributed by atoms with Gasteiger partial charge in [0, 0.05) is 11.9 Å². The van der Waals surface area contributed by atoms with Crippen LogP contribution in [0.5, 0.6) is 0 Å². The van der Waals surface area contributed by atoms with Gasteiger partial charge in [0.2, 0.25) is 0 Å². The predicted molar refractivity (Wildman–Crippen MR) is 126 cm³/mol. The molecule has 8 nitrogen and oxygen atoms in total. The molecule has 2 N–H and O–H groups in total. The van der Waals surface area contributed by atoms with Gasteiger partial charge in [0.25, 0.3) is 21.8 Å². The van der Waals surface area contributed by atoms with Crippen LogP contribution in [0.25, 0.3) is 0 Å². The van der Waals surface area contributed by atoms with Crippen molar-refractivity contribution in [3.05, 3.63) is 89.2 Å². The Labute approximate surface area is 196 Å². The Morgan fingerprint density at radius 2 is 1.64 bits per heavy atom. The zero-order valence-electron chi connectivity index (χ0n) is 17.4. The van der Waals surface area contributed by atoms with Crippen LogP contribution in [-0.2, 0) is 26.0 Å². The van der Waals surface area contributed by atoms with Gasteiger partial charge in [0.1, 0.15) is 16.5 Å². The molecular weight excluding hydrogens is 464 g/mol. The molecule has 1 aliphatic rings. The molecule has 0 fully saturated rings. The SMILES string of the molecule is CCc1ccccc1N1C(=O)C(Cl)=C(Nc2ccc(S(=O)(=O)Nc3ccccn3)cc2)C1=O. The summed E-state index contributed by atoms with van der Waals surface area (Å²) in [5.41, 5.74) is 1.63. The van der Waals surface area contributed by atoms with Crippen molar-refractivity contribution in [3.8, 4) is 0 Å². The van der Waals surface area contributed by atoms with E-state index in [1.54, 1.807) is 24.3 Å². The zero-order valence-corrected chi connectivity index (χ0v) is 19.0. The second kappa shape index (κ2) is 9.05. The molecule has 3 aromatic rings. The summed E-state index contributed by atoms with van der Waals surface area (Å²) in [5.74, 6) is -1.01. The van der Waals surface area contributed by atoms with Crippen molar-refractivity contribution in [1.29, 1.82) is 0 Å². The van der Waals surface area contributed by atoms with Crippen LogP contribution in [0.1, 0.15) is 12.5 Å². The minimum Gasteiger partial charge on any atom is -0.350 e. The maximum atomic E-state index is 13.0. The number of nitrogens with zero attached hydrogens (tertiary/aromatic N) is 2. The van der Waals surface area contributed by atoms with Crippen LogP contribution in [0.15, 0.2) is 88.6 Å². The Kier molecular flexibility index (Phi) is 6.17. The van der Waals surface area contributed by atoms with Crippen molar-refractivity contribution >= 4 is 50.6 Å². The molecule has 10 heteroatoms. The van der Waals surface area contributed by atoms with Gasteiger partial charge in [0.05, 0.1) is 10.6 Å². The number of carbonyl (C=O) groups is 2. The fourth-order valence-electron chi connectivity index (χ4n) is 3.34. The number of aromatic nitrogens is 1. The van der Waals surface area contributed by atoms with Crippen molar-refractivity contribution in [1.82, 2.24) is 4.98 Å². The summed E-state index contributed by atoms with van der Waals surface area (Å²) in [7, 11) is -3.85. The van der Waals surface area contributed by atoms with Crippen LogP contribution in [0.3, 0.4) is 0 Å². The highest BCUT2D eigenvalue weighted by Crippen LogP contribution is 2.32. The number of halogens is 1. The van der Waals surface area contributed by atoms with Crippen LogP contribution >= 0.6 is 11.6 Å². The summed E-state index contributed by atoms with van der Waals surface area (Å²) in [6, 6.07) is 17.7. The van der Waals surface area contributed by atoms with E-state index in [1.165, 1.54) is 36.5 Å². The normalized spacial score (nSPS) is 14.1. The molecule has 1 aliphatic heterocycles. The monoisotopic (exact) mass is 482 g/mol. The van der Waals surface area contributed by atoms with E-state index in [2.05, 4.69) is 15.0 Å². The van der Waals surface area contributed by atoms with Gasteiger partial charge in [-0.15, -0.1) is 0 Å². The van der Waals surface area contributed by atoms with E-state index in [1.807, 2.05) is 19.1 Å². The van der Waals surface area contributed by atoms with E-state index in [0.29, 0.717) is 17.8 Å². The van der Waals surface area contributed by atoms with Gasteiger partial charge in [-0.25, -0.2) is 18.3 Å². The number of rotatable bonds is 7. The summed E-state index contributed by atoms with van der Waals surface area (Å²) in [6.45, 7) is 1.93. The highest BCUT2D eigenvalue weighted by molar-refractivity contribution is 7.92. The number of aryl methyl sites for hydroxylation is 1. The molecule has 0 aliphatic carbocycles. The highest BCUT2D eigenvalue weighted by atomic mass is 35.5. The smallest absolute Gasteiger partial charge is 0.283 e. The summed E-state index contributed by atoms with van der Waals surface area (Å²) in [6.07, 6.45) is 2.11. The third kappa shape index (κ3) is 4.46. The average Bonchev–Trinajstić information content (AvgIpc) is 3.02. The van der Waals surface area contributed by atoms with Gasteiger partial charge in [0.15, 0.2) is 0 Å². The van der Waals surface area contributed by atoms with E-state index in [9.17, 15) is 18.0 Å². The fourth-order valence-corrected chi connectivity index (χ4v) is 4.56. The number of nitrogens with one attached hydrogen (secondary N) is 2. The third-order valence-electron chi connectivity index (χ3n) is 4.98. The number of pyridine rings is 1. The topological polar surface area (TPSA) is 108 Å². The van der Waals surface area contributed by atoms with Gasteiger partial charge in [-0.2, -0.15) is 0 Å². The minimum atomic E-state index is -3.85. The molecule has 2 amide bonds. The van der Waals surface area contributed by atoms with Gasteiger partial charge in [-0.1, -0.05) is 42.8 Å². The first-order valence-electron chi connectivity index (χ1n) is 9.99. The Bertz CT molecular complexity index is 1360. The number of hydrogen-bond acceptors (Lipinski definition) is 6. The van der Waals surface area contributed by atoms with Crippen LogP contribution in [0.2, 0.25) is 0 Å². The second-order valence-corrected chi connectivity index (χ2v) is 9.15. The number of benzene rings is 2. The van der Waals surface area contributed by atoms with E-state index in [-0.39, 0.29) is 21.4 Å². The lowest BCUT2D eigenvalue weighted by molar-refractivity contribution is -0.120. The van der Waals surface area contributed by atoms with Gasteiger partial charge < -0.3 is 5.32 Å². The van der Waals surface area contributed by atoms with Crippen LogP contribution in [-0.4, -0.2) is 25.2 Å². The molecular formula is C23H19ClN4O4S. The van der Waals surface area contributed by atoms with E-state index >= 15 is 0 Å². The molecule has 0 unspecified atom stereocenters. The quantitative estimate of drug-likeness (QED) is 0.495. The number of anilines is 3. The Balaban J connectivity index is 1.54. The molecule has 2 aromatic carbocycles. The Morgan fingerprint density at radius 3 is 2.30 bits per heavy atom. The number of amides is 2.